The zero-order valence-corrected chi connectivity index (χ0v) is 12.0. The van der Waals surface area contributed by atoms with Gasteiger partial charge >= 0.3 is 11.9 Å². The molecule has 1 fully saturated rings. The zero-order valence-electron chi connectivity index (χ0n) is 12.0. The van der Waals surface area contributed by atoms with Crippen LogP contribution < -0.4 is 0 Å². The minimum Gasteiger partial charge on any atom is -0.479 e. The Bertz CT molecular complexity index is 519. The van der Waals surface area contributed by atoms with Crippen molar-refractivity contribution >= 4 is 11.9 Å². The van der Waals surface area contributed by atoms with Crippen molar-refractivity contribution in [2.75, 3.05) is 0 Å². The van der Waals surface area contributed by atoms with Crippen molar-refractivity contribution in [3.8, 4) is 0 Å². The van der Waals surface area contributed by atoms with Crippen LogP contribution in [0.25, 0.3) is 0 Å². The molecule has 0 amide bonds. The molecule has 5 nitrogen and oxygen atoms in total. The van der Waals surface area contributed by atoms with E-state index in [1.807, 2.05) is 0 Å². The van der Waals surface area contributed by atoms with Crippen molar-refractivity contribution in [1.82, 2.24) is 0 Å². The molecule has 1 aromatic carbocycles. The maximum Gasteiger partial charge on any atom is 0.340 e. The van der Waals surface area contributed by atoms with Gasteiger partial charge in [-0.2, -0.15) is 0 Å². The fourth-order valence-corrected chi connectivity index (χ4v) is 2.86. The standard InChI is InChI=1S/C16H20O5/c1-15(13(17)18,12-8-4-2-5-9-12)21-16(14(19)20)10-6-3-7-11-16/h2,4-5,8-9H,3,6-7,10-11H2,1H3,(H,17,18)(H,19,20). The van der Waals surface area contributed by atoms with Crippen molar-refractivity contribution in [2.45, 2.75) is 50.2 Å². The second-order valence-corrected chi connectivity index (χ2v) is 5.67. The van der Waals surface area contributed by atoms with E-state index in [1.165, 1.54) is 6.92 Å². The van der Waals surface area contributed by atoms with Crippen molar-refractivity contribution in [3.05, 3.63) is 35.9 Å². The number of rotatable bonds is 5. The van der Waals surface area contributed by atoms with Crippen molar-refractivity contribution in [2.24, 2.45) is 0 Å². The van der Waals surface area contributed by atoms with Crippen molar-refractivity contribution in [1.29, 1.82) is 0 Å². The molecule has 1 aromatic rings. The van der Waals surface area contributed by atoms with Crippen LogP contribution in [0.1, 0.15) is 44.6 Å². The van der Waals surface area contributed by atoms with Crippen LogP contribution in [0.5, 0.6) is 0 Å². The van der Waals surface area contributed by atoms with E-state index in [0.717, 1.165) is 19.3 Å². The summed E-state index contributed by atoms with van der Waals surface area (Å²) in [5.74, 6) is -2.26. The quantitative estimate of drug-likeness (QED) is 0.871. The van der Waals surface area contributed by atoms with Crippen LogP contribution in [0.4, 0.5) is 0 Å². The third-order valence-corrected chi connectivity index (χ3v) is 4.18. The van der Waals surface area contributed by atoms with Crippen LogP contribution >= 0.6 is 0 Å². The van der Waals surface area contributed by atoms with Gasteiger partial charge in [0.25, 0.3) is 0 Å². The first kappa shape index (κ1) is 15.5. The molecule has 1 unspecified atom stereocenters. The molecule has 2 rings (SSSR count). The Kier molecular flexibility index (Phi) is 4.32. The summed E-state index contributed by atoms with van der Waals surface area (Å²) in [4.78, 5) is 23.4. The Morgan fingerprint density at radius 3 is 2.14 bits per heavy atom. The number of hydrogen-bond donors (Lipinski definition) is 2. The third-order valence-electron chi connectivity index (χ3n) is 4.18. The SMILES string of the molecule is CC(OC1(C(=O)O)CCCCC1)(C(=O)O)c1ccccc1. The van der Waals surface area contributed by atoms with E-state index in [9.17, 15) is 19.8 Å². The predicted octanol–water partition coefficient (Wildman–Crippen LogP) is 2.79. The molecule has 1 aliphatic carbocycles. The average molecular weight is 292 g/mol. The van der Waals surface area contributed by atoms with Gasteiger partial charge in [0.2, 0.25) is 0 Å². The molecule has 0 spiro atoms. The molecule has 114 valence electrons. The lowest BCUT2D eigenvalue weighted by atomic mass is 9.83. The lowest BCUT2D eigenvalue weighted by Gasteiger charge is -2.39. The van der Waals surface area contributed by atoms with Crippen LogP contribution in [-0.2, 0) is 19.9 Å². The van der Waals surface area contributed by atoms with E-state index in [2.05, 4.69) is 0 Å². The van der Waals surface area contributed by atoms with E-state index in [1.54, 1.807) is 30.3 Å². The summed E-state index contributed by atoms with van der Waals surface area (Å²) < 4.78 is 5.78. The van der Waals surface area contributed by atoms with E-state index >= 15 is 0 Å². The highest BCUT2D eigenvalue weighted by Crippen LogP contribution is 2.39. The molecule has 0 heterocycles. The lowest BCUT2D eigenvalue weighted by Crippen LogP contribution is -2.51. The second kappa shape index (κ2) is 5.85. The lowest BCUT2D eigenvalue weighted by molar-refractivity contribution is -0.210. The highest BCUT2D eigenvalue weighted by molar-refractivity contribution is 5.82. The fourth-order valence-electron chi connectivity index (χ4n) is 2.86. The monoisotopic (exact) mass is 292 g/mol. The normalized spacial score (nSPS) is 20.4. The summed E-state index contributed by atoms with van der Waals surface area (Å²) in [6, 6.07) is 8.50. The molecule has 1 atom stereocenters. The first-order valence-corrected chi connectivity index (χ1v) is 7.13. The highest BCUT2D eigenvalue weighted by Gasteiger charge is 2.50. The van der Waals surface area contributed by atoms with Crippen LogP contribution in [0, 0.1) is 0 Å². The molecule has 0 saturated heterocycles. The molecule has 0 bridgehead atoms. The summed E-state index contributed by atoms with van der Waals surface area (Å²) in [5, 5.41) is 19.2. The summed E-state index contributed by atoms with van der Waals surface area (Å²) in [5.41, 5.74) is -2.64. The first-order chi connectivity index (χ1) is 9.91. The van der Waals surface area contributed by atoms with E-state index in [4.69, 9.17) is 4.74 Å². The van der Waals surface area contributed by atoms with Crippen LogP contribution in [0.15, 0.2) is 30.3 Å². The molecular formula is C16H20O5. The average Bonchev–Trinajstić information content (AvgIpc) is 2.48. The molecule has 2 N–H and O–H groups in total. The van der Waals surface area contributed by atoms with E-state index in [0.29, 0.717) is 18.4 Å². The summed E-state index contributed by atoms with van der Waals surface area (Å²) >= 11 is 0. The van der Waals surface area contributed by atoms with Crippen molar-refractivity contribution < 1.29 is 24.5 Å². The zero-order chi connectivity index (χ0) is 15.5. The Morgan fingerprint density at radius 2 is 1.67 bits per heavy atom. The van der Waals surface area contributed by atoms with E-state index in [-0.39, 0.29) is 0 Å². The minimum absolute atomic E-state index is 0.345. The number of carboxylic acid groups (broad SMARTS) is 2. The molecule has 21 heavy (non-hydrogen) atoms. The van der Waals surface area contributed by atoms with Gasteiger partial charge in [-0.15, -0.1) is 0 Å². The Labute approximate surface area is 123 Å². The smallest absolute Gasteiger partial charge is 0.340 e. The van der Waals surface area contributed by atoms with Gasteiger partial charge in [-0.1, -0.05) is 36.8 Å². The number of carboxylic acids is 2. The third kappa shape index (κ3) is 2.93. The fraction of sp³-hybridized carbons (Fsp3) is 0.500. The van der Waals surface area contributed by atoms with Gasteiger partial charge in [-0.05, 0) is 38.2 Å². The second-order valence-electron chi connectivity index (χ2n) is 5.67. The minimum atomic E-state index is -1.67. The molecule has 0 aliphatic heterocycles. The Balaban J connectivity index is 2.39. The van der Waals surface area contributed by atoms with Gasteiger partial charge in [-0.25, -0.2) is 9.59 Å². The van der Waals surface area contributed by atoms with E-state index < -0.39 is 23.1 Å². The van der Waals surface area contributed by atoms with Crippen molar-refractivity contribution in [3.63, 3.8) is 0 Å². The van der Waals surface area contributed by atoms with Crippen LogP contribution in [-0.4, -0.2) is 27.8 Å². The van der Waals surface area contributed by atoms with Gasteiger partial charge in [0.15, 0.2) is 11.2 Å². The maximum atomic E-state index is 11.7. The van der Waals surface area contributed by atoms with Gasteiger partial charge in [0.05, 0.1) is 0 Å². The summed E-state index contributed by atoms with van der Waals surface area (Å²) in [6.07, 6.45) is 3.11. The molecule has 5 heteroatoms. The first-order valence-electron chi connectivity index (χ1n) is 7.13. The Hall–Kier alpha value is -1.88. The summed E-state index contributed by atoms with van der Waals surface area (Å²) in [7, 11) is 0. The molecule has 0 radical (unpaired) electrons. The van der Waals surface area contributed by atoms with Gasteiger partial charge < -0.3 is 14.9 Å². The van der Waals surface area contributed by atoms with Gasteiger partial charge in [0.1, 0.15) is 0 Å². The maximum absolute atomic E-state index is 11.7. The topological polar surface area (TPSA) is 83.8 Å². The van der Waals surface area contributed by atoms with Gasteiger partial charge in [0, 0.05) is 0 Å². The molecule has 1 saturated carbocycles. The van der Waals surface area contributed by atoms with Gasteiger partial charge in [-0.3, -0.25) is 0 Å². The number of benzene rings is 1. The number of ether oxygens (including phenoxy) is 1. The molecular weight excluding hydrogens is 272 g/mol. The van der Waals surface area contributed by atoms with Crippen LogP contribution in [0.2, 0.25) is 0 Å². The Morgan fingerprint density at radius 1 is 1.10 bits per heavy atom. The molecule has 1 aliphatic rings. The predicted molar refractivity (Wildman–Crippen MR) is 76.0 cm³/mol. The number of carbonyl (C=O) groups is 2. The summed E-state index contributed by atoms with van der Waals surface area (Å²) in [6.45, 7) is 1.42. The highest BCUT2D eigenvalue weighted by atomic mass is 16.6. The number of aliphatic carboxylic acids is 2. The molecule has 0 aromatic heterocycles. The van der Waals surface area contributed by atoms with Crippen LogP contribution in [0.3, 0.4) is 0 Å². The number of hydrogen-bond acceptors (Lipinski definition) is 3. The largest absolute Gasteiger partial charge is 0.479 e.